The number of hydrogen-bond donors (Lipinski definition) is 1. The minimum absolute atomic E-state index is 0.269. The van der Waals surface area contributed by atoms with E-state index in [1.165, 1.54) is 11.3 Å². The Balaban J connectivity index is 1.82. The maximum atomic E-state index is 12.7. The third-order valence-electron chi connectivity index (χ3n) is 3.99. The van der Waals surface area contributed by atoms with Gasteiger partial charge in [-0.25, -0.2) is 13.1 Å². The van der Waals surface area contributed by atoms with Gasteiger partial charge in [0.15, 0.2) is 0 Å². The Labute approximate surface area is 140 Å². The van der Waals surface area contributed by atoms with E-state index in [4.69, 9.17) is 4.74 Å². The van der Waals surface area contributed by atoms with E-state index < -0.39 is 10.0 Å². The van der Waals surface area contributed by atoms with Crippen LogP contribution >= 0.6 is 11.3 Å². The van der Waals surface area contributed by atoms with E-state index in [-0.39, 0.29) is 12.1 Å². The average molecular weight is 355 g/mol. The highest BCUT2D eigenvalue weighted by molar-refractivity contribution is 7.89. The number of nitrogens with one attached hydrogen (secondary N) is 1. The zero-order chi connectivity index (χ0) is 16.6. The SMILES string of the molecule is CCn1cc([C@H]2OCC[C@@H]2NS(=O)(=O)c2cc(C)sc2C)cn1. The van der Waals surface area contributed by atoms with Crippen LogP contribution in [0.4, 0.5) is 0 Å². The van der Waals surface area contributed by atoms with Crippen molar-refractivity contribution in [2.24, 2.45) is 0 Å². The zero-order valence-corrected chi connectivity index (χ0v) is 15.1. The third-order valence-corrected chi connectivity index (χ3v) is 6.70. The molecule has 0 aliphatic carbocycles. The summed E-state index contributed by atoms with van der Waals surface area (Å²) < 4.78 is 35.7. The molecule has 0 saturated carbocycles. The standard InChI is InChI=1S/C15H21N3O3S2/c1-4-18-9-12(8-16-18)15-13(5-6-21-15)17-23(19,20)14-7-10(2)22-11(14)3/h7-9,13,15,17H,4-6H2,1-3H3/t13-,15+/m0/s1. The van der Waals surface area contributed by atoms with Crippen LogP contribution < -0.4 is 4.72 Å². The summed E-state index contributed by atoms with van der Waals surface area (Å²) in [5.74, 6) is 0. The van der Waals surface area contributed by atoms with E-state index in [1.807, 2.05) is 31.6 Å². The van der Waals surface area contributed by atoms with Crippen molar-refractivity contribution in [3.05, 3.63) is 33.8 Å². The van der Waals surface area contributed by atoms with Gasteiger partial charge in [0, 0.05) is 34.7 Å². The number of hydrogen-bond acceptors (Lipinski definition) is 5. The molecule has 0 amide bonds. The lowest BCUT2D eigenvalue weighted by atomic mass is 10.1. The first-order valence-electron chi connectivity index (χ1n) is 7.64. The van der Waals surface area contributed by atoms with Gasteiger partial charge in [0.2, 0.25) is 10.0 Å². The summed E-state index contributed by atoms with van der Waals surface area (Å²) in [6, 6.07) is 1.46. The molecule has 0 unspecified atom stereocenters. The van der Waals surface area contributed by atoms with Crippen LogP contribution in [0.3, 0.4) is 0 Å². The second kappa shape index (κ2) is 6.35. The van der Waals surface area contributed by atoms with Gasteiger partial charge in [-0.3, -0.25) is 4.68 Å². The molecule has 6 nitrogen and oxygen atoms in total. The normalized spacial score (nSPS) is 21.9. The molecular weight excluding hydrogens is 334 g/mol. The second-order valence-corrected chi connectivity index (χ2v) is 8.86. The van der Waals surface area contributed by atoms with Crippen molar-refractivity contribution in [3.63, 3.8) is 0 Å². The molecule has 2 aromatic heterocycles. The van der Waals surface area contributed by atoms with Gasteiger partial charge in [-0.15, -0.1) is 11.3 Å². The molecule has 2 aromatic rings. The Bertz CT molecular complexity index is 795. The van der Waals surface area contributed by atoms with Crippen molar-refractivity contribution in [1.29, 1.82) is 0 Å². The molecule has 2 atom stereocenters. The topological polar surface area (TPSA) is 73.2 Å². The van der Waals surface area contributed by atoms with Crippen molar-refractivity contribution < 1.29 is 13.2 Å². The molecule has 1 aliphatic rings. The van der Waals surface area contributed by atoms with Crippen LogP contribution in [0.1, 0.15) is 34.8 Å². The van der Waals surface area contributed by atoms with Crippen molar-refractivity contribution in [2.45, 2.75) is 50.8 Å². The highest BCUT2D eigenvalue weighted by atomic mass is 32.2. The molecular formula is C15H21N3O3S2. The number of sulfonamides is 1. The van der Waals surface area contributed by atoms with Crippen molar-refractivity contribution >= 4 is 21.4 Å². The van der Waals surface area contributed by atoms with Gasteiger partial charge in [-0.05, 0) is 33.3 Å². The minimum Gasteiger partial charge on any atom is -0.372 e. The van der Waals surface area contributed by atoms with E-state index in [0.29, 0.717) is 17.9 Å². The highest BCUT2D eigenvalue weighted by Crippen LogP contribution is 2.31. The zero-order valence-electron chi connectivity index (χ0n) is 13.4. The van der Waals surface area contributed by atoms with Crippen LogP contribution in [0.5, 0.6) is 0 Å². The molecule has 0 radical (unpaired) electrons. The number of rotatable bonds is 5. The molecule has 3 rings (SSSR count). The van der Waals surface area contributed by atoms with E-state index in [2.05, 4.69) is 9.82 Å². The molecule has 0 aromatic carbocycles. The van der Waals surface area contributed by atoms with Gasteiger partial charge < -0.3 is 4.74 Å². The number of aromatic nitrogens is 2. The van der Waals surface area contributed by atoms with E-state index in [1.54, 1.807) is 12.3 Å². The Kier molecular flexibility index (Phi) is 4.59. The molecule has 8 heteroatoms. The average Bonchev–Trinajstić information content (AvgIpc) is 3.18. The molecule has 0 spiro atoms. The van der Waals surface area contributed by atoms with Crippen molar-refractivity contribution in [1.82, 2.24) is 14.5 Å². The predicted octanol–water partition coefficient (Wildman–Crippen LogP) is 2.39. The molecule has 1 N–H and O–H groups in total. The molecule has 23 heavy (non-hydrogen) atoms. The Morgan fingerprint density at radius 1 is 1.48 bits per heavy atom. The Morgan fingerprint density at radius 3 is 2.87 bits per heavy atom. The third kappa shape index (κ3) is 3.35. The second-order valence-electron chi connectivity index (χ2n) is 5.71. The predicted molar refractivity (Wildman–Crippen MR) is 89.1 cm³/mol. The van der Waals surface area contributed by atoms with Crippen LogP contribution in [0.25, 0.3) is 0 Å². The van der Waals surface area contributed by atoms with Gasteiger partial charge in [-0.2, -0.15) is 5.10 Å². The summed E-state index contributed by atoms with van der Waals surface area (Å²) in [6.07, 6.45) is 4.03. The number of aryl methyl sites for hydroxylation is 3. The molecule has 0 bridgehead atoms. The summed E-state index contributed by atoms with van der Waals surface area (Å²) in [5, 5.41) is 4.25. The quantitative estimate of drug-likeness (QED) is 0.894. The van der Waals surface area contributed by atoms with Crippen LogP contribution in [0.2, 0.25) is 0 Å². The monoisotopic (exact) mass is 355 g/mol. The van der Waals surface area contributed by atoms with Crippen LogP contribution in [0, 0.1) is 13.8 Å². The lowest BCUT2D eigenvalue weighted by molar-refractivity contribution is 0.102. The Hall–Kier alpha value is -1.22. The first kappa shape index (κ1) is 16.6. The minimum atomic E-state index is -3.54. The fourth-order valence-corrected chi connectivity index (χ4v) is 5.70. The summed E-state index contributed by atoms with van der Waals surface area (Å²) in [4.78, 5) is 2.17. The van der Waals surface area contributed by atoms with Gasteiger partial charge in [-0.1, -0.05) is 0 Å². The fourth-order valence-electron chi connectivity index (χ4n) is 2.88. The first-order valence-corrected chi connectivity index (χ1v) is 9.94. The van der Waals surface area contributed by atoms with Gasteiger partial charge in [0.1, 0.15) is 6.10 Å². The van der Waals surface area contributed by atoms with E-state index in [0.717, 1.165) is 21.9 Å². The maximum Gasteiger partial charge on any atom is 0.242 e. The van der Waals surface area contributed by atoms with Crippen LogP contribution in [-0.4, -0.2) is 30.8 Å². The summed E-state index contributed by atoms with van der Waals surface area (Å²) in [7, 11) is -3.54. The molecule has 126 valence electrons. The van der Waals surface area contributed by atoms with E-state index in [9.17, 15) is 8.42 Å². The molecule has 1 aliphatic heterocycles. The van der Waals surface area contributed by atoms with Crippen LogP contribution in [0.15, 0.2) is 23.4 Å². The van der Waals surface area contributed by atoms with Gasteiger partial charge >= 0.3 is 0 Å². The van der Waals surface area contributed by atoms with E-state index >= 15 is 0 Å². The highest BCUT2D eigenvalue weighted by Gasteiger charge is 2.34. The summed E-state index contributed by atoms with van der Waals surface area (Å²) in [5.41, 5.74) is 0.912. The number of thiophene rings is 1. The van der Waals surface area contributed by atoms with Gasteiger partial charge in [0.05, 0.1) is 17.1 Å². The lowest BCUT2D eigenvalue weighted by Gasteiger charge is -2.18. The number of ether oxygens (including phenoxy) is 1. The Morgan fingerprint density at radius 2 is 2.26 bits per heavy atom. The molecule has 1 saturated heterocycles. The van der Waals surface area contributed by atoms with Crippen LogP contribution in [-0.2, 0) is 21.3 Å². The van der Waals surface area contributed by atoms with Gasteiger partial charge in [0.25, 0.3) is 0 Å². The smallest absolute Gasteiger partial charge is 0.242 e. The largest absolute Gasteiger partial charge is 0.372 e. The summed E-state index contributed by atoms with van der Waals surface area (Å²) >= 11 is 1.49. The van der Waals surface area contributed by atoms with Crippen molar-refractivity contribution in [3.8, 4) is 0 Å². The van der Waals surface area contributed by atoms with Crippen molar-refractivity contribution in [2.75, 3.05) is 6.61 Å². The number of nitrogens with zero attached hydrogens (tertiary/aromatic N) is 2. The molecule has 3 heterocycles. The summed E-state index contributed by atoms with van der Waals surface area (Å²) in [6.45, 7) is 7.07. The first-order chi connectivity index (χ1) is 10.9. The maximum absolute atomic E-state index is 12.7. The molecule has 1 fully saturated rings. The lowest BCUT2D eigenvalue weighted by Crippen LogP contribution is -2.36. The fraction of sp³-hybridized carbons (Fsp3) is 0.533.